The lowest BCUT2D eigenvalue weighted by Crippen LogP contribution is -2.49. The number of guanidine groups is 1. The summed E-state index contributed by atoms with van der Waals surface area (Å²) >= 11 is 0. The van der Waals surface area contributed by atoms with Crippen LogP contribution in [0.4, 0.5) is 0 Å². The summed E-state index contributed by atoms with van der Waals surface area (Å²) in [7, 11) is 2.10. The van der Waals surface area contributed by atoms with Gasteiger partial charge in [-0.2, -0.15) is 0 Å². The van der Waals surface area contributed by atoms with Gasteiger partial charge in [-0.15, -0.1) is 0 Å². The van der Waals surface area contributed by atoms with Crippen molar-refractivity contribution in [1.29, 1.82) is 0 Å². The maximum atomic E-state index is 5.59. The van der Waals surface area contributed by atoms with Gasteiger partial charge in [-0.1, -0.05) is 27.2 Å². The van der Waals surface area contributed by atoms with Crippen molar-refractivity contribution < 1.29 is 0 Å². The first-order valence-corrected chi connectivity index (χ1v) is 7.24. The largest absolute Gasteiger partial charge is 0.342 e. The van der Waals surface area contributed by atoms with Crippen LogP contribution in [0.1, 0.15) is 59.3 Å². The molecule has 0 radical (unpaired) electrons. The predicted octanol–water partition coefficient (Wildman–Crippen LogP) is 2.51. The normalized spacial score (nSPS) is 20.8. The summed E-state index contributed by atoms with van der Waals surface area (Å²) in [6.07, 6.45) is 7.33. The van der Waals surface area contributed by atoms with Crippen molar-refractivity contribution in [3.8, 4) is 0 Å². The molecule has 0 saturated heterocycles. The molecular formula is C14H30N4. The van der Waals surface area contributed by atoms with Crippen LogP contribution in [0.2, 0.25) is 0 Å². The molecule has 1 aliphatic carbocycles. The Hall–Kier alpha value is -0.770. The molecule has 0 aromatic heterocycles. The van der Waals surface area contributed by atoms with Crippen molar-refractivity contribution >= 4 is 5.96 Å². The van der Waals surface area contributed by atoms with Crippen molar-refractivity contribution in [2.45, 2.75) is 65.3 Å². The van der Waals surface area contributed by atoms with E-state index in [1.807, 2.05) is 0 Å². The fourth-order valence-corrected chi connectivity index (χ4v) is 2.55. The van der Waals surface area contributed by atoms with Crippen LogP contribution < -0.4 is 11.3 Å². The molecule has 4 nitrogen and oxygen atoms in total. The monoisotopic (exact) mass is 254 g/mol. The maximum Gasteiger partial charge on any atom is 0.208 e. The molecule has 0 spiro atoms. The molecule has 0 aromatic rings. The van der Waals surface area contributed by atoms with Crippen molar-refractivity contribution in [1.82, 2.24) is 10.3 Å². The van der Waals surface area contributed by atoms with E-state index in [9.17, 15) is 0 Å². The second-order valence-corrected chi connectivity index (χ2v) is 6.21. The van der Waals surface area contributed by atoms with Gasteiger partial charge in [0.15, 0.2) is 0 Å². The molecule has 4 heteroatoms. The van der Waals surface area contributed by atoms with Gasteiger partial charge < -0.3 is 4.90 Å². The second-order valence-electron chi connectivity index (χ2n) is 6.21. The molecule has 0 atom stereocenters. The minimum absolute atomic E-state index is 0.507. The Morgan fingerprint density at radius 1 is 1.39 bits per heavy atom. The fraction of sp³-hybridized carbons (Fsp3) is 0.929. The van der Waals surface area contributed by atoms with Crippen LogP contribution in [-0.2, 0) is 0 Å². The second kappa shape index (κ2) is 6.98. The lowest BCUT2D eigenvalue weighted by Gasteiger charge is -2.39. The third-order valence-corrected chi connectivity index (χ3v) is 4.09. The summed E-state index contributed by atoms with van der Waals surface area (Å²) in [5, 5.41) is 0. The van der Waals surface area contributed by atoms with Crippen LogP contribution in [0.15, 0.2) is 4.99 Å². The molecule has 106 valence electrons. The van der Waals surface area contributed by atoms with E-state index in [2.05, 4.69) is 43.1 Å². The van der Waals surface area contributed by atoms with E-state index < -0.39 is 0 Å². The third kappa shape index (κ3) is 4.48. The van der Waals surface area contributed by atoms with E-state index in [0.29, 0.717) is 11.5 Å². The number of aliphatic imine (C=N–C) groups is 1. The Morgan fingerprint density at radius 3 is 2.50 bits per heavy atom. The minimum Gasteiger partial charge on any atom is -0.342 e. The zero-order valence-electron chi connectivity index (χ0n) is 12.5. The number of unbranched alkanes of at least 4 members (excludes halogenated alkanes) is 1. The summed E-state index contributed by atoms with van der Waals surface area (Å²) in [6.45, 7) is 7.76. The summed E-state index contributed by atoms with van der Waals surface area (Å²) in [4.78, 5) is 6.78. The average molecular weight is 254 g/mol. The van der Waals surface area contributed by atoms with E-state index in [1.165, 1.54) is 32.1 Å². The number of nitrogens with one attached hydrogen (secondary N) is 1. The summed E-state index contributed by atoms with van der Waals surface area (Å²) < 4.78 is 0. The fourth-order valence-electron chi connectivity index (χ4n) is 2.55. The Bertz CT molecular complexity index is 263. The van der Waals surface area contributed by atoms with Crippen LogP contribution >= 0.6 is 0 Å². The number of hydrogen-bond acceptors (Lipinski definition) is 2. The Kier molecular flexibility index (Phi) is 5.93. The number of hydrogen-bond donors (Lipinski definition) is 2. The topological polar surface area (TPSA) is 53.6 Å². The van der Waals surface area contributed by atoms with Gasteiger partial charge in [-0.25, -0.2) is 5.84 Å². The van der Waals surface area contributed by atoms with E-state index in [4.69, 9.17) is 5.84 Å². The molecule has 0 unspecified atom stereocenters. The van der Waals surface area contributed by atoms with Crippen molar-refractivity contribution in [3.63, 3.8) is 0 Å². The number of nitrogens with two attached hydrogens (primary N) is 1. The highest BCUT2D eigenvalue weighted by atomic mass is 15.4. The highest BCUT2D eigenvalue weighted by Crippen LogP contribution is 2.36. The molecule has 0 heterocycles. The van der Waals surface area contributed by atoms with Crippen LogP contribution in [0, 0.1) is 5.41 Å². The van der Waals surface area contributed by atoms with Gasteiger partial charge in [0, 0.05) is 19.6 Å². The SMILES string of the molecule is CCCCN=C(NN)N(C)C1CCC(C)(C)CC1. The molecule has 1 saturated carbocycles. The molecular weight excluding hydrogens is 224 g/mol. The Morgan fingerprint density at radius 2 is 2.00 bits per heavy atom. The average Bonchev–Trinajstić information content (AvgIpc) is 2.34. The van der Waals surface area contributed by atoms with Crippen molar-refractivity contribution in [2.24, 2.45) is 16.3 Å². The van der Waals surface area contributed by atoms with Crippen molar-refractivity contribution in [2.75, 3.05) is 13.6 Å². The van der Waals surface area contributed by atoms with Crippen LogP contribution in [0.3, 0.4) is 0 Å². The lowest BCUT2D eigenvalue weighted by molar-refractivity contribution is 0.166. The smallest absolute Gasteiger partial charge is 0.208 e. The van der Waals surface area contributed by atoms with E-state index in [0.717, 1.165) is 18.9 Å². The van der Waals surface area contributed by atoms with Crippen LogP contribution in [-0.4, -0.2) is 30.5 Å². The van der Waals surface area contributed by atoms with Gasteiger partial charge in [0.2, 0.25) is 5.96 Å². The summed E-state index contributed by atoms with van der Waals surface area (Å²) in [6, 6.07) is 0.578. The van der Waals surface area contributed by atoms with Gasteiger partial charge in [0.1, 0.15) is 0 Å². The molecule has 1 aliphatic rings. The molecule has 0 aromatic carbocycles. The van der Waals surface area contributed by atoms with Gasteiger partial charge >= 0.3 is 0 Å². The zero-order valence-corrected chi connectivity index (χ0v) is 12.5. The molecule has 0 bridgehead atoms. The van der Waals surface area contributed by atoms with Gasteiger partial charge in [0.25, 0.3) is 0 Å². The minimum atomic E-state index is 0.507. The number of nitrogens with zero attached hydrogens (tertiary/aromatic N) is 2. The molecule has 1 rings (SSSR count). The quantitative estimate of drug-likeness (QED) is 0.266. The van der Waals surface area contributed by atoms with E-state index in [-0.39, 0.29) is 0 Å². The van der Waals surface area contributed by atoms with Crippen molar-refractivity contribution in [3.05, 3.63) is 0 Å². The molecule has 3 N–H and O–H groups in total. The lowest BCUT2D eigenvalue weighted by atomic mass is 9.75. The molecule has 1 fully saturated rings. The standard InChI is InChI=1S/C14H30N4/c1-5-6-11-16-13(17-15)18(4)12-7-9-14(2,3)10-8-12/h12H,5-11,15H2,1-4H3,(H,16,17). The highest BCUT2D eigenvalue weighted by molar-refractivity contribution is 5.79. The third-order valence-electron chi connectivity index (χ3n) is 4.09. The molecule has 0 aliphatic heterocycles. The number of hydrazine groups is 1. The predicted molar refractivity (Wildman–Crippen MR) is 78.3 cm³/mol. The zero-order chi connectivity index (χ0) is 13.6. The molecule has 18 heavy (non-hydrogen) atoms. The van der Waals surface area contributed by atoms with E-state index >= 15 is 0 Å². The van der Waals surface area contributed by atoms with Gasteiger partial charge in [-0.3, -0.25) is 10.4 Å². The highest BCUT2D eigenvalue weighted by Gasteiger charge is 2.29. The van der Waals surface area contributed by atoms with Crippen LogP contribution in [0.5, 0.6) is 0 Å². The van der Waals surface area contributed by atoms with Gasteiger partial charge in [0.05, 0.1) is 0 Å². The first-order valence-electron chi connectivity index (χ1n) is 7.24. The first kappa shape index (κ1) is 15.3. The van der Waals surface area contributed by atoms with Gasteiger partial charge in [-0.05, 0) is 37.5 Å². The Labute approximate surface area is 112 Å². The summed E-state index contributed by atoms with van der Waals surface area (Å²) in [5.41, 5.74) is 3.26. The Balaban J connectivity index is 2.51. The van der Waals surface area contributed by atoms with E-state index in [1.54, 1.807) is 0 Å². The number of rotatable bonds is 4. The first-order chi connectivity index (χ1) is 8.50. The summed E-state index contributed by atoms with van der Waals surface area (Å²) in [5.74, 6) is 6.43. The maximum absolute atomic E-state index is 5.59. The molecule has 0 amide bonds. The van der Waals surface area contributed by atoms with Crippen LogP contribution in [0.25, 0.3) is 0 Å².